The largest absolute Gasteiger partial charge is 0.381 e. The molecule has 27 heavy (non-hydrogen) atoms. The van der Waals surface area contributed by atoms with Gasteiger partial charge < -0.3 is 9.64 Å². The molecule has 6 heteroatoms. The van der Waals surface area contributed by atoms with Gasteiger partial charge in [-0.05, 0) is 70.3 Å². The van der Waals surface area contributed by atoms with Gasteiger partial charge in [0.05, 0.1) is 6.10 Å². The van der Waals surface area contributed by atoms with Crippen molar-refractivity contribution in [2.75, 3.05) is 26.7 Å². The third-order valence-corrected chi connectivity index (χ3v) is 6.09. The maximum atomic E-state index is 13.6. The minimum atomic E-state index is -0.979. The van der Waals surface area contributed by atoms with E-state index < -0.39 is 11.6 Å². The predicted molar refractivity (Wildman–Crippen MR) is 101 cm³/mol. The number of carbonyl (C=O) groups is 1. The van der Waals surface area contributed by atoms with Crippen molar-refractivity contribution in [2.24, 2.45) is 0 Å². The van der Waals surface area contributed by atoms with E-state index in [1.807, 2.05) is 11.8 Å². The van der Waals surface area contributed by atoms with Crippen LogP contribution in [0, 0.1) is 11.6 Å². The molecular weight excluding hydrogens is 350 g/mol. The van der Waals surface area contributed by atoms with Gasteiger partial charge in [0.2, 0.25) is 0 Å². The van der Waals surface area contributed by atoms with E-state index in [2.05, 4.69) is 4.90 Å². The maximum Gasteiger partial charge on any atom is 0.254 e. The second-order valence-corrected chi connectivity index (χ2v) is 7.62. The molecule has 2 fully saturated rings. The number of halogens is 2. The van der Waals surface area contributed by atoms with Gasteiger partial charge in [-0.2, -0.15) is 0 Å². The van der Waals surface area contributed by atoms with Crippen LogP contribution in [0.4, 0.5) is 8.78 Å². The second-order valence-electron chi connectivity index (χ2n) is 7.62. The zero-order valence-corrected chi connectivity index (χ0v) is 16.3. The first-order valence-corrected chi connectivity index (χ1v) is 10.1. The van der Waals surface area contributed by atoms with Crippen molar-refractivity contribution in [3.8, 4) is 0 Å². The number of hydrogen-bond donors (Lipinski definition) is 0. The first kappa shape index (κ1) is 20.2. The molecule has 150 valence electrons. The summed E-state index contributed by atoms with van der Waals surface area (Å²) in [5, 5.41) is 0. The van der Waals surface area contributed by atoms with Crippen LogP contribution in [0.1, 0.15) is 55.8 Å². The third kappa shape index (κ3) is 4.49. The highest BCUT2D eigenvalue weighted by molar-refractivity contribution is 5.94. The number of hydrogen-bond acceptors (Lipinski definition) is 3. The van der Waals surface area contributed by atoms with Crippen LogP contribution in [0.25, 0.3) is 0 Å². The van der Waals surface area contributed by atoms with Crippen LogP contribution < -0.4 is 0 Å². The molecule has 1 aliphatic carbocycles. The van der Waals surface area contributed by atoms with E-state index in [1.165, 1.54) is 25.3 Å². The molecule has 0 spiro atoms. The molecule has 1 aliphatic heterocycles. The topological polar surface area (TPSA) is 32.8 Å². The van der Waals surface area contributed by atoms with E-state index >= 15 is 0 Å². The fourth-order valence-electron chi connectivity index (χ4n) is 4.64. The minimum absolute atomic E-state index is 0.0696. The summed E-state index contributed by atoms with van der Waals surface area (Å²) in [6.07, 6.45) is 6.52. The number of rotatable bonds is 5. The number of nitrogens with zero attached hydrogens (tertiary/aromatic N) is 2. The molecule has 4 nitrogen and oxygen atoms in total. The molecule has 1 saturated carbocycles. The van der Waals surface area contributed by atoms with Gasteiger partial charge >= 0.3 is 0 Å². The van der Waals surface area contributed by atoms with Crippen molar-refractivity contribution in [3.05, 3.63) is 35.4 Å². The Morgan fingerprint density at radius 1 is 1.19 bits per heavy atom. The van der Waals surface area contributed by atoms with E-state index in [0.29, 0.717) is 6.54 Å². The number of benzene rings is 1. The van der Waals surface area contributed by atoms with Crippen molar-refractivity contribution < 1.29 is 18.3 Å². The van der Waals surface area contributed by atoms with Crippen LogP contribution >= 0.6 is 0 Å². The van der Waals surface area contributed by atoms with Crippen molar-refractivity contribution in [1.82, 2.24) is 9.80 Å². The highest BCUT2D eigenvalue weighted by atomic mass is 19.2. The van der Waals surface area contributed by atoms with Crippen LogP contribution in [0.2, 0.25) is 0 Å². The lowest BCUT2D eigenvalue weighted by atomic mass is 9.84. The standard InChI is InChI=1S/C21H30F2N2O2/c1-3-25(21(26)15-7-9-17(22)18(23)13-15)19-10-8-16(27-2)14-20(19)24-11-5-4-6-12-24/h7,9,13,16,19-20H,3-6,8,10-12,14H2,1-2H3. The Balaban J connectivity index is 1.83. The SMILES string of the molecule is CCN(C(=O)c1ccc(F)c(F)c1)C1CCC(OC)CC1N1CCCCC1. The molecule has 3 atom stereocenters. The summed E-state index contributed by atoms with van der Waals surface area (Å²) in [7, 11) is 1.75. The van der Waals surface area contributed by atoms with Gasteiger partial charge in [0, 0.05) is 31.3 Å². The van der Waals surface area contributed by atoms with Gasteiger partial charge in [-0.25, -0.2) is 8.78 Å². The van der Waals surface area contributed by atoms with Crippen LogP contribution in [-0.2, 0) is 4.74 Å². The Kier molecular flexibility index (Phi) is 6.82. The van der Waals surface area contributed by atoms with Crippen LogP contribution in [-0.4, -0.2) is 60.6 Å². The van der Waals surface area contributed by atoms with Gasteiger partial charge in [0.15, 0.2) is 11.6 Å². The molecule has 3 rings (SSSR count). The molecular formula is C21H30F2N2O2. The van der Waals surface area contributed by atoms with Crippen molar-refractivity contribution in [2.45, 2.75) is 63.6 Å². The summed E-state index contributed by atoms with van der Waals surface area (Å²) in [6.45, 7) is 4.60. The molecule has 2 aliphatic rings. The number of likely N-dealkylation sites (tertiary alicyclic amines) is 1. The molecule has 1 saturated heterocycles. The van der Waals surface area contributed by atoms with Gasteiger partial charge in [0.1, 0.15) is 0 Å². The first-order chi connectivity index (χ1) is 13.0. The number of ether oxygens (including phenoxy) is 1. The number of carbonyl (C=O) groups excluding carboxylic acids is 1. The maximum absolute atomic E-state index is 13.6. The fraction of sp³-hybridized carbons (Fsp3) is 0.667. The average Bonchev–Trinajstić information content (AvgIpc) is 2.71. The molecule has 0 N–H and O–H groups in total. The Morgan fingerprint density at radius 2 is 1.93 bits per heavy atom. The summed E-state index contributed by atoms with van der Waals surface area (Å²) < 4.78 is 32.5. The van der Waals surface area contributed by atoms with Gasteiger partial charge in [-0.15, -0.1) is 0 Å². The van der Waals surface area contributed by atoms with Gasteiger partial charge in [0.25, 0.3) is 5.91 Å². The summed E-state index contributed by atoms with van der Waals surface area (Å²) in [6, 6.07) is 3.73. The highest BCUT2D eigenvalue weighted by Gasteiger charge is 2.39. The van der Waals surface area contributed by atoms with Gasteiger partial charge in [-0.3, -0.25) is 9.69 Å². The lowest BCUT2D eigenvalue weighted by Gasteiger charge is -2.47. The number of amides is 1. The third-order valence-electron chi connectivity index (χ3n) is 6.09. The smallest absolute Gasteiger partial charge is 0.254 e. The van der Waals surface area contributed by atoms with Gasteiger partial charge in [-0.1, -0.05) is 6.42 Å². The normalized spacial score (nSPS) is 26.7. The number of piperidine rings is 1. The first-order valence-electron chi connectivity index (χ1n) is 10.1. The lowest BCUT2D eigenvalue weighted by Crippen LogP contribution is -2.58. The Labute approximate surface area is 160 Å². The van der Waals surface area contributed by atoms with E-state index in [9.17, 15) is 13.6 Å². The summed E-state index contributed by atoms with van der Waals surface area (Å²) in [4.78, 5) is 17.5. The minimum Gasteiger partial charge on any atom is -0.381 e. The quantitative estimate of drug-likeness (QED) is 0.778. The monoisotopic (exact) mass is 380 g/mol. The molecule has 1 aromatic rings. The van der Waals surface area contributed by atoms with E-state index in [0.717, 1.165) is 44.5 Å². The van der Waals surface area contributed by atoms with E-state index in [4.69, 9.17) is 4.74 Å². The fourth-order valence-corrected chi connectivity index (χ4v) is 4.64. The van der Waals surface area contributed by atoms with Crippen molar-refractivity contribution in [3.63, 3.8) is 0 Å². The van der Waals surface area contributed by atoms with Crippen molar-refractivity contribution >= 4 is 5.91 Å². The summed E-state index contributed by atoms with van der Waals surface area (Å²) >= 11 is 0. The number of methoxy groups -OCH3 is 1. The zero-order valence-electron chi connectivity index (χ0n) is 16.3. The predicted octanol–water partition coefficient (Wildman–Crippen LogP) is 3.85. The van der Waals surface area contributed by atoms with Crippen LogP contribution in [0.5, 0.6) is 0 Å². The Morgan fingerprint density at radius 3 is 2.56 bits per heavy atom. The zero-order chi connectivity index (χ0) is 19.4. The lowest BCUT2D eigenvalue weighted by molar-refractivity contribution is -0.0196. The van der Waals surface area contributed by atoms with Crippen LogP contribution in [0.3, 0.4) is 0 Å². The molecule has 1 heterocycles. The average molecular weight is 380 g/mol. The van der Waals surface area contributed by atoms with E-state index in [1.54, 1.807) is 7.11 Å². The Bertz CT molecular complexity index is 649. The Hall–Kier alpha value is -1.53. The second kappa shape index (κ2) is 9.11. The van der Waals surface area contributed by atoms with Crippen molar-refractivity contribution in [1.29, 1.82) is 0 Å². The highest BCUT2D eigenvalue weighted by Crippen LogP contribution is 2.31. The van der Waals surface area contributed by atoms with E-state index in [-0.39, 0.29) is 29.7 Å². The molecule has 3 unspecified atom stereocenters. The molecule has 1 amide bonds. The molecule has 1 aromatic carbocycles. The summed E-state index contributed by atoms with van der Waals surface area (Å²) in [5.41, 5.74) is 0.210. The number of likely N-dealkylation sites (N-methyl/N-ethyl adjacent to an activating group) is 1. The molecule has 0 aromatic heterocycles. The molecule has 0 radical (unpaired) electrons. The van der Waals surface area contributed by atoms with Crippen LogP contribution in [0.15, 0.2) is 18.2 Å². The molecule has 0 bridgehead atoms. The summed E-state index contributed by atoms with van der Waals surface area (Å²) in [5.74, 6) is -2.13.